The summed E-state index contributed by atoms with van der Waals surface area (Å²) in [6.07, 6.45) is -0.430. The van der Waals surface area contributed by atoms with Crippen LogP contribution in [0.3, 0.4) is 0 Å². The number of carboxylic acid groups (broad SMARTS) is 1. The Morgan fingerprint density at radius 2 is 1.75 bits per heavy atom. The van der Waals surface area contributed by atoms with E-state index in [1.165, 1.54) is 0 Å². The van der Waals surface area contributed by atoms with Crippen LogP contribution in [0.5, 0.6) is 5.75 Å². The monoisotopic (exact) mass is 382 g/mol. The zero-order valence-electron chi connectivity index (χ0n) is 16.9. The van der Waals surface area contributed by atoms with E-state index in [4.69, 9.17) is 9.84 Å². The smallest absolute Gasteiger partial charge is 0.409 e. The van der Waals surface area contributed by atoms with E-state index in [2.05, 4.69) is 26.1 Å². The molecule has 2 aromatic carbocycles. The second kappa shape index (κ2) is 6.86. The highest BCUT2D eigenvalue weighted by Gasteiger charge is 2.47. The van der Waals surface area contributed by atoms with Gasteiger partial charge in [-0.3, -0.25) is 10.1 Å². The Balaban J connectivity index is 2.24. The van der Waals surface area contributed by atoms with Crippen LogP contribution in [0.1, 0.15) is 45.2 Å². The number of fused-ring (bicyclic) bond motifs is 1. The van der Waals surface area contributed by atoms with Gasteiger partial charge in [0.05, 0.1) is 7.11 Å². The van der Waals surface area contributed by atoms with Crippen molar-refractivity contribution in [1.29, 1.82) is 0 Å². The number of carbonyl (C=O) groups excluding carboxylic acids is 1. The second-order valence-electron chi connectivity index (χ2n) is 8.07. The molecule has 28 heavy (non-hydrogen) atoms. The van der Waals surface area contributed by atoms with Gasteiger partial charge in [-0.15, -0.1) is 0 Å². The van der Waals surface area contributed by atoms with Crippen LogP contribution in [0.25, 0.3) is 0 Å². The highest BCUT2D eigenvalue weighted by atomic mass is 16.5. The summed E-state index contributed by atoms with van der Waals surface area (Å²) >= 11 is 0. The van der Waals surface area contributed by atoms with E-state index in [0.29, 0.717) is 12.1 Å². The minimum absolute atomic E-state index is 0.0398. The topological polar surface area (TPSA) is 78.9 Å². The molecule has 148 valence electrons. The second-order valence-corrected chi connectivity index (χ2v) is 8.07. The van der Waals surface area contributed by atoms with Gasteiger partial charge in [-0.05, 0) is 61.7 Å². The molecular formula is C22H26N2O4. The number of amides is 2. The summed E-state index contributed by atoms with van der Waals surface area (Å²) in [6.45, 7) is 7.81. The quantitative estimate of drug-likeness (QED) is 0.811. The molecule has 2 N–H and O–H groups in total. The molecule has 2 amide bonds. The van der Waals surface area contributed by atoms with Gasteiger partial charge in [0.1, 0.15) is 5.75 Å². The number of ether oxygens (including phenoxy) is 1. The van der Waals surface area contributed by atoms with Crippen LogP contribution >= 0.6 is 0 Å². The molecule has 6 heteroatoms. The Hall–Kier alpha value is -3.02. The molecule has 0 aliphatic carbocycles. The van der Waals surface area contributed by atoms with Gasteiger partial charge < -0.3 is 14.7 Å². The first-order chi connectivity index (χ1) is 13.1. The van der Waals surface area contributed by atoms with Crippen molar-refractivity contribution < 1.29 is 19.4 Å². The SMILES string of the molecule is COc1ccc(C2(C)CC(C)(C)N(C(C)=O)c3ccc(NC(=O)O)cc32)cc1. The summed E-state index contributed by atoms with van der Waals surface area (Å²) in [5.74, 6) is 0.733. The Labute approximate surface area is 165 Å². The molecule has 6 nitrogen and oxygen atoms in total. The van der Waals surface area contributed by atoms with Crippen molar-refractivity contribution >= 4 is 23.4 Å². The van der Waals surface area contributed by atoms with Crippen molar-refractivity contribution in [3.05, 3.63) is 53.6 Å². The molecule has 1 aliphatic rings. The summed E-state index contributed by atoms with van der Waals surface area (Å²) in [6, 6.07) is 13.2. The first kappa shape index (κ1) is 19.7. The summed E-state index contributed by atoms with van der Waals surface area (Å²) < 4.78 is 5.28. The third-order valence-corrected chi connectivity index (χ3v) is 5.52. The lowest BCUT2D eigenvalue weighted by molar-refractivity contribution is -0.117. The molecule has 0 aromatic heterocycles. The number of methoxy groups -OCH3 is 1. The molecule has 2 aromatic rings. The molecule has 0 bridgehead atoms. The van der Waals surface area contributed by atoms with Gasteiger partial charge in [-0.25, -0.2) is 4.79 Å². The summed E-state index contributed by atoms with van der Waals surface area (Å²) in [4.78, 5) is 25.4. The third kappa shape index (κ3) is 3.30. The molecule has 1 unspecified atom stereocenters. The maximum Gasteiger partial charge on any atom is 0.409 e. The maximum absolute atomic E-state index is 12.5. The molecule has 1 atom stereocenters. The fraction of sp³-hybridized carbons (Fsp3) is 0.364. The van der Waals surface area contributed by atoms with E-state index in [1.54, 1.807) is 25.0 Å². The minimum atomic E-state index is -1.12. The minimum Gasteiger partial charge on any atom is -0.497 e. The van der Waals surface area contributed by atoms with E-state index in [1.807, 2.05) is 36.4 Å². The zero-order chi connectivity index (χ0) is 20.7. The lowest BCUT2D eigenvalue weighted by Gasteiger charge is -2.51. The van der Waals surface area contributed by atoms with Crippen molar-refractivity contribution in [1.82, 2.24) is 0 Å². The van der Waals surface area contributed by atoms with Crippen molar-refractivity contribution in [3.8, 4) is 5.75 Å². The van der Waals surface area contributed by atoms with Gasteiger partial charge >= 0.3 is 6.09 Å². The average Bonchev–Trinajstić information content (AvgIpc) is 2.60. The van der Waals surface area contributed by atoms with E-state index >= 15 is 0 Å². The summed E-state index contributed by atoms with van der Waals surface area (Å²) in [5, 5.41) is 11.5. The normalized spacial score (nSPS) is 20.2. The van der Waals surface area contributed by atoms with Crippen LogP contribution in [-0.2, 0) is 10.2 Å². The van der Waals surface area contributed by atoms with Crippen LogP contribution in [0, 0.1) is 0 Å². The predicted octanol–water partition coefficient (Wildman–Crippen LogP) is 4.63. The lowest BCUT2D eigenvalue weighted by atomic mass is 9.65. The standard InChI is InChI=1S/C22H26N2O4/c1-14(25)24-19-11-8-16(23-20(26)27)12-18(19)22(4,13-21(24,2)3)15-6-9-17(28-5)10-7-15/h6-12,23H,13H2,1-5H3,(H,26,27). The predicted molar refractivity (Wildman–Crippen MR) is 109 cm³/mol. The summed E-state index contributed by atoms with van der Waals surface area (Å²) in [7, 11) is 1.63. The number of benzene rings is 2. The number of nitrogens with zero attached hydrogens (tertiary/aromatic N) is 1. The van der Waals surface area contributed by atoms with Crippen molar-refractivity contribution in [2.45, 2.75) is 45.1 Å². The number of hydrogen-bond donors (Lipinski definition) is 2. The lowest BCUT2D eigenvalue weighted by Crippen LogP contribution is -2.55. The van der Waals surface area contributed by atoms with Gasteiger partial charge in [-0.2, -0.15) is 0 Å². The molecule has 0 saturated carbocycles. The molecule has 1 aliphatic heterocycles. The zero-order valence-corrected chi connectivity index (χ0v) is 16.9. The van der Waals surface area contributed by atoms with E-state index in [0.717, 1.165) is 22.6 Å². The van der Waals surface area contributed by atoms with E-state index in [-0.39, 0.29) is 5.91 Å². The van der Waals surface area contributed by atoms with Crippen LogP contribution in [0.4, 0.5) is 16.2 Å². The number of anilines is 2. The molecule has 1 heterocycles. The fourth-order valence-electron chi connectivity index (χ4n) is 4.55. The Morgan fingerprint density at radius 1 is 1.11 bits per heavy atom. The van der Waals surface area contributed by atoms with Crippen LogP contribution in [0.2, 0.25) is 0 Å². The van der Waals surface area contributed by atoms with Crippen molar-refractivity contribution in [3.63, 3.8) is 0 Å². The highest BCUT2D eigenvalue weighted by molar-refractivity contribution is 5.96. The summed E-state index contributed by atoms with van der Waals surface area (Å²) in [5.41, 5.74) is 2.46. The Bertz CT molecular complexity index is 921. The van der Waals surface area contributed by atoms with Gasteiger partial charge in [0.25, 0.3) is 0 Å². The molecular weight excluding hydrogens is 356 g/mol. The van der Waals surface area contributed by atoms with Crippen LogP contribution in [-0.4, -0.2) is 29.8 Å². The van der Waals surface area contributed by atoms with E-state index < -0.39 is 17.0 Å². The number of nitrogens with one attached hydrogen (secondary N) is 1. The van der Waals surface area contributed by atoms with Crippen molar-refractivity contribution in [2.24, 2.45) is 0 Å². The molecule has 3 rings (SSSR count). The maximum atomic E-state index is 12.5. The number of rotatable bonds is 3. The van der Waals surface area contributed by atoms with Gasteiger partial charge in [0.15, 0.2) is 0 Å². The van der Waals surface area contributed by atoms with Crippen LogP contribution < -0.4 is 15.0 Å². The van der Waals surface area contributed by atoms with E-state index in [9.17, 15) is 9.59 Å². The van der Waals surface area contributed by atoms with Gasteiger partial charge in [-0.1, -0.05) is 19.1 Å². The average molecular weight is 382 g/mol. The molecule has 0 spiro atoms. The number of hydrogen-bond acceptors (Lipinski definition) is 3. The van der Waals surface area contributed by atoms with Gasteiger partial charge in [0, 0.05) is 29.3 Å². The largest absolute Gasteiger partial charge is 0.497 e. The molecule has 0 radical (unpaired) electrons. The van der Waals surface area contributed by atoms with Gasteiger partial charge in [0.2, 0.25) is 5.91 Å². The van der Waals surface area contributed by atoms with Crippen LogP contribution in [0.15, 0.2) is 42.5 Å². The molecule has 0 fully saturated rings. The fourth-order valence-corrected chi connectivity index (χ4v) is 4.55. The highest BCUT2D eigenvalue weighted by Crippen LogP contribution is 2.51. The Morgan fingerprint density at radius 3 is 2.29 bits per heavy atom. The van der Waals surface area contributed by atoms with Crippen molar-refractivity contribution in [2.75, 3.05) is 17.3 Å². The Kier molecular flexibility index (Phi) is 4.83. The third-order valence-electron chi connectivity index (χ3n) is 5.52. The first-order valence-corrected chi connectivity index (χ1v) is 9.18. The molecule has 0 saturated heterocycles. The number of carbonyl (C=O) groups is 2. The first-order valence-electron chi connectivity index (χ1n) is 9.18.